The molecule has 1 aromatic carbocycles. The zero-order valence-electron chi connectivity index (χ0n) is 14.5. The number of methoxy groups -OCH3 is 1. The smallest absolute Gasteiger partial charge is 0.421 e. The first-order chi connectivity index (χ1) is 12.6. The van der Waals surface area contributed by atoms with E-state index in [4.69, 9.17) is 21.2 Å². The Morgan fingerprint density at radius 3 is 2.70 bits per heavy atom. The summed E-state index contributed by atoms with van der Waals surface area (Å²) in [7, 11) is -1.21. The highest BCUT2D eigenvalue weighted by Crippen LogP contribution is 2.37. The molecule has 148 valence electrons. The maximum atomic E-state index is 13.1. The molecule has 0 amide bonds. The number of benzene rings is 1. The van der Waals surface area contributed by atoms with Crippen LogP contribution < -0.4 is 10.1 Å². The molecule has 6 nitrogen and oxygen atoms in total. The molecule has 2 N–H and O–H groups in total. The molecule has 1 aromatic heterocycles. The molecule has 0 aliphatic heterocycles. The van der Waals surface area contributed by atoms with E-state index in [9.17, 15) is 17.7 Å². The Hall–Kier alpha value is -1.83. The standard InChI is InChI=1S/C16H18ClF3N3O3P/c1-9(27(24)25)3-4-10-5-6-12(13(7-10)26-2)22-14-11(16(18,19)20)8-21-15(17)23-14/h5-9,27H,3-4H2,1-2H3,(H,24,25)(H,21,22,23). The summed E-state index contributed by atoms with van der Waals surface area (Å²) in [5.41, 5.74) is -0.286. The molecule has 2 unspecified atom stereocenters. The monoisotopic (exact) mass is 423 g/mol. The Balaban J connectivity index is 2.27. The summed E-state index contributed by atoms with van der Waals surface area (Å²) >= 11 is 5.62. The average molecular weight is 424 g/mol. The zero-order valence-corrected chi connectivity index (χ0v) is 16.2. The van der Waals surface area contributed by atoms with Gasteiger partial charge in [-0.25, -0.2) is 4.98 Å². The summed E-state index contributed by atoms with van der Waals surface area (Å²) in [6.45, 7) is 1.69. The number of ether oxygens (including phenoxy) is 1. The number of rotatable bonds is 7. The summed E-state index contributed by atoms with van der Waals surface area (Å²) in [5, 5.41) is 2.26. The van der Waals surface area contributed by atoms with Gasteiger partial charge in [-0.2, -0.15) is 18.2 Å². The Bertz CT molecular complexity index is 836. The lowest BCUT2D eigenvalue weighted by molar-refractivity contribution is -0.137. The number of hydrogen-bond acceptors (Lipinski definition) is 5. The van der Waals surface area contributed by atoms with Crippen LogP contribution in [0.5, 0.6) is 5.75 Å². The minimum atomic E-state index is -4.65. The van der Waals surface area contributed by atoms with Gasteiger partial charge in [0.1, 0.15) is 17.1 Å². The van der Waals surface area contributed by atoms with Crippen LogP contribution in [0.2, 0.25) is 5.28 Å². The highest BCUT2D eigenvalue weighted by molar-refractivity contribution is 7.38. The maximum Gasteiger partial charge on any atom is 0.421 e. The molecule has 0 radical (unpaired) electrons. The number of nitrogens with one attached hydrogen (secondary N) is 1. The first-order valence-electron chi connectivity index (χ1n) is 7.88. The van der Waals surface area contributed by atoms with Gasteiger partial charge in [-0.05, 0) is 42.1 Å². The largest absolute Gasteiger partial charge is 0.495 e. The van der Waals surface area contributed by atoms with Gasteiger partial charge < -0.3 is 14.9 Å². The minimum absolute atomic E-state index is 0.269. The second-order valence-electron chi connectivity index (χ2n) is 5.84. The van der Waals surface area contributed by atoms with Gasteiger partial charge >= 0.3 is 6.18 Å². The zero-order chi connectivity index (χ0) is 20.2. The molecular formula is C16H18ClF3N3O3P. The molecule has 27 heavy (non-hydrogen) atoms. The molecule has 0 bridgehead atoms. The summed E-state index contributed by atoms with van der Waals surface area (Å²) in [4.78, 5) is 16.1. The molecule has 0 fully saturated rings. The lowest BCUT2D eigenvalue weighted by Crippen LogP contribution is -2.11. The van der Waals surface area contributed by atoms with Crippen molar-refractivity contribution in [1.29, 1.82) is 0 Å². The molecule has 2 atom stereocenters. The third-order valence-electron chi connectivity index (χ3n) is 3.87. The van der Waals surface area contributed by atoms with Crippen molar-refractivity contribution in [3.05, 3.63) is 40.8 Å². The molecule has 11 heteroatoms. The lowest BCUT2D eigenvalue weighted by atomic mass is 10.1. The van der Waals surface area contributed by atoms with Gasteiger partial charge in [0, 0.05) is 11.9 Å². The Morgan fingerprint density at radius 1 is 1.41 bits per heavy atom. The highest BCUT2D eigenvalue weighted by Gasteiger charge is 2.35. The van der Waals surface area contributed by atoms with Crippen LogP contribution in [0.4, 0.5) is 24.7 Å². The Kier molecular flexibility index (Phi) is 7.08. The van der Waals surface area contributed by atoms with E-state index in [2.05, 4.69) is 15.3 Å². The van der Waals surface area contributed by atoms with Crippen molar-refractivity contribution in [3.8, 4) is 5.75 Å². The molecule has 0 aliphatic rings. The van der Waals surface area contributed by atoms with E-state index >= 15 is 0 Å². The van der Waals surface area contributed by atoms with Gasteiger partial charge in [0.2, 0.25) is 5.28 Å². The van der Waals surface area contributed by atoms with Crippen LogP contribution in [0.1, 0.15) is 24.5 Å². The predicted molar refractivity (Wildman–Crippen MR) is 97.3 cm³/mol. The maximum absolute atomic E-state index is 13.1. The fraction of sp³-hybridized carbons (Fsp3) is 0.375. The third kappa shape index (κ3) is 5.82. The van der Waals surface area contributed by atoms with Crippen LogP contribution in [0, 0.1) is 0 Å². The van der Waals surface area contributed by atoms with Crippen LogP contribution in [0.25, 0.3) is 0 Å². The van der Waals surface area contributed by atoms with Crippen LogP contribution in [0.15, 0.2) is 24.4 Å². The Morgan fingerprint density at radius 2 is 2.11 bits per heavy atom. The number of anilines is 2. The molecule has 1 heterocycles. The second kappa shape index (κ2) is 8.91. The molecule has 2 rings (SSSR count). The van der Waals surface area contributed by atoms with Gasteiger partial charge in [0.25, 0.3) is 0 Å². The quantitative estimate of drug-likeness (QED) is 0.496. The number of aromatic nitrogens is 2. The summed E-state index contributed by atoms with van der Waals surface area (Å²) in [6, 6.07) is 4.90. The number of nitrogens with zero attached hydrogens (tertiary/aromatic N) is 2. The van der Waals surface area contributed by atoms with E-state index in [0.29, 0.717) is 24.8 Å². The average Bonchev–Trinajstić information content (AvgIpc) is 2.59. The van der Waals surface area contributed by atoms with Crippen LogP contribution in [-0.4, -0.2) is 27.6 Å². The van der Waals surface area contributed by atoms with Crippen molar-refractivity contribution in [1.82, 2.24) is 9.97 Å². The van der Waals surface area contributed by atoms with Gasteiger partial charge in [0.05, 0.1) is 12.8 Å². The molecule has 0 spiro atoms. The van der Waals surface area contributed by atoms with Crippen molar-refractivity contribution in [2.24, 2.45) is 0 Å². The lowest BCUT2D eigenvalue weighted by Gasteiger charge is -2.16. The van der Waals surface area contributed by atoms with Crippen molar-refractivity contribution in [2.75, 3.05) is 12.4 Å². The Labute approximate surface area is 159 Å². The first kappa shape index (κ1) is 21.5. The molecule has 2 aromatic rings. The van der Waals surface area contributed by atoms with Crippen molar-refractivity contribution in [2.45, 2.75) is 31.6 Å². The van der Waals surface area contributed by atoms with E-state index in [0.717, 1.165) is 5.56 Å². The molecular weight excluding hydrogens is 406 g/mol. The third-order valence-corrected chi connectivity index (χ3v) is 5.19. The van der Waals surface area contributed by atoms with Gasteiger partial charge in [-0.15, -0.1) is 0 Å². The van der Waals surface area contributed by atoms with Gasteiger partial charge in [-0.1, -0.05) is 13.0 Å². The van der Waals surface area contributed by atoms with Crippen LogP contribution >= 0.6 is 19.6 Å². The summed E-state index contributed by atoms with van der Waals surface area (Å²) in [5.74, 6) is -0.180. The number of aryl methyl sites for hydroxylation is 1. The number of hydrogen-bond donors (Lipinski definition) is 2. The van der Waals surface area contributed by atoms with Crippen LogP contribution in [-0.2, 0) is 17.2 Å². The summed E-state index contributed by atoms with van der Waals surface area (Å²) < 4.78 is 55.7. The van der Waals surface area contributed by atoms with E-state index in [1.165, 1.54) is 7.11 Å². The van der Waals surface area contributed by atoms with Crippen molar-refractivity contribution in [3.63, 3.8) is 0 Å². The van der Waals surface area contributed by atoms with Gasteiger partial charge in [0.15, 0.2) is 8.03 Å². The normalized spacial score (nSPS) is 13.9. The first-order valence-corrected chi connectivity index (χ1v) is 9.69. The van der Waals surface area contributed by atoms with Crippen LogP contribution in [0.3, 0.4) is 0 Å². The topological polar surface area (TPSA) is 84.3 Å². The number of alkyl halides is 3. The van der Waals surface area contributed by atoms with Crippen molar-refractivity contribution >= 4 is 31.1 Å². The summed E-state index contributed by atoms with van der Waals surface area (Å²) in [6.07, 6.45) is -3.01. The number of halogens is 4. The predicted octanol–water partition coefficient (Wildman–Crippen LogP) is 4.69. The van der Waals surface area contributed by atoms with Gasteiger partial charge in [-0.3, -0.25) is 4.57 Å². The minimum Gasteiger partial charge on any atom is -0.495 e. The van der Waals surface area contributed by atoms with E-state index in [-0.39, 0.29) is 16.6 Å². The second-order valence-corrected chi connectivity index (χ2v) is 7.84. The highest BCUT2D eigenvalue weighted by atomic mass is 35.5. The van der Waals surface area contributed by atoms with Crippen molar-refractivity contribution < 1.29 is 27.4 Å². The fourth-order valence-electron chi connectivity index (χ4n) is 2.29. The van der Waals surface area contributed by atoms with E-state index in [1.807, 2.05) is 0 Å². The molecule has 0 aliphatic carbocycles. The molecule has 0 saturated carbocycles. The van der Waals surface area contributed by atoms with E-state index < -0.39 is 25.6 Å². The molecule has 0 saturated heterocycles. The SMILES string of the molecule is COc1cc(CCC(C)[PH](=O)O)ccc1Nc1nc(Cl)ncc1C(F)(F)F. The fourth-order valence-corrected chi connectivity index (χ4v) is 2.82. The van der Waals surface area contributed by atoms with E-state index in [1.54, 1.807) is 25.1 Å².